The van der Waals surface area contributed by atoms with E-state index in [-0.39, 0.29) is 30.6 Å². The van der Waals surface area contributed by atoms with Gasteiger partial charge >= 0.3 is 6.03 Å². The highest BCUT2D eigenvalue weighted by Gasteiger charge is 2.40. The number of ether oxygens (including phenoxy) is 2. The summed E-state index contributed by atoms with van der Waals surface area (Å²) >= 11 is 0. The van der Waals surface area contributed by atoms with Crippen LogP contribution in [0.1, 0.15) is 24.5 Å². The fraction of sp³-hybridized carbons (Fsp3) is 0.370. The maximum Gasteiger partial charge on any atom is 0.322 e. The predicted octanol–water partition coefficient (Wildman–Crippen LogP) is 2.99. The maximum absolute atomic E-state index is 13.3. The van der Waals surface area contributed by atoms with E-state index in [9.17, 15) is 14.4 Å². The van der Waals surface area contributed by atoms with Crippen molar-refractivity contribution in [3.63, 3.8) is 0 Å². The third-order valence-corrected chi connectivity index (χ3v) is 6.27. The highest BCUT2D eigenvalue weighted by Crippen LogP contribution is 2.27. The molecule has 9 heteroatoms. The van der Waals surface area contributed by atoms with Gasteiger partial charge in [0.15, 0.2) is 0 Å². The van der Waals surface area contributed by atoms with Crippen molar-refractivity contribution in [1.29, 1.82) is 0 Å². The van der Waals surface area contributed by atoms with Gasteiger partial charge in [0, 0.05) is 48.7 Å². The summed E-state index contributed by atoms with van der Waals surface area (Å²) in [5, 5.41) is 5.76. The van der Waals surface area contributed by atoms with E-state index in [0.29, 0.717) is 49.7 Å². The lowest BCUT2D eigenvalue weighted by Gasteiger charge is -2.28. The van der Waals surface area contributed by atoms with E-state index in [2.05, 4.69) is 16.6 Å². The molecule has 0 bridgehead atoms. The summed E-state index contributed by atoms with van der Waals surface area (Å²) in [7, 11) is 0. The summed E-state index contributed by atoms with van der Waals surface area (Å²) in [5.41, 5.74) is 3.53. The highest BCUT2D eigenvalue weighted by atomic mass is 16.5. The van der Waals surface area contributed by atoms with Gasteiger partial charge in [0.25, 0.3) is 5.91 Å². The number of terminal acetylenes is 1. The molecule has 2 unspecified atom stereocenters. The van der Waals surface area contributed by atoms with Crippen LogP contribution in [0.15, 0.2) is 42.5 Å². The first-order valence-corrected chi connectivity index (χ1v) is 11.9. The van der Waals surface area contributed by atoms with E-state index in [1.807, 2.05) is 26.0 Å². The normalized spacial score (nSPS) is 19.6. The van der Waals surface area contributed by atoms with Crippen LogP contribution in [0.5, 0.6) is 0 Å². The number of anilines is 3. The summed E-state index contributed by atoms with van der Waals surface area (Å²) < 4.78 is 10.9. The molecule has 188 valence electrons. The number of nitrogens with one attached hydrogen (secondary N) is 2. The zero-order chi connectivity index (χ0) is 25.7. The topological polar surface area (TPSA) is 100 Å². The van der Waals surface area contributed by atoms with Crippen molar-refractivity contribution < 1.29 is 23.9 Å². The standard InChI is InChI=1S/C27H30N4O5/c1-4-19-6-8-20(9-7-19)29-27(34)31-16-22(36-5-2)15-24(31)26(33)28-21-10-11-23(18(3)14-21)30-12-13-35-17-25(30)32/h1,6-11,14,22,24H,5,12-13,15-17H2,2-3H3,(H,28,33)(H,29,34). The zero-order valence-corrected chi connectivity index (χ0v) is 20.5. The van der Waals surface area contributed by atoms with E-state index in [4.69, 9.17) is 15.9 Å². The molecular formula is C27H30N4O5. The molecule has 4 rings (SSSR count). The minimum absolute atomic E-state index is 0.0621. The number of carbonyl (C=O) groups excluding carboxylic acids is 3. The summed E-state index contributed by atoms with van der Waals surface area (Å²) in [4.78, 5) is 41.7. The first-order valence-electron chi connectivity index (χ1n) is 11.9. The third kappa shape index (κ3) is 5.67. The van der Waals surface area contributed by atoms with Gasteiger partial charge in [-0.25, -0.2) is 4.79 Å². The van der Waals surface area contributed by atoms with Crippen molar-refractivity contribution in [1.82, 2.24) is 4.90 Å². The molecule has 2 atom stereocenters. The minimum atomic E-state index is -0.702. The van der Waals surface area contributed by atoms with Crippen LogP contribution in [0.25, 0.3) is 0 Å². The van der Waals surface area contributed by atoms with Crippen LogP contribution in [0.3, 0.4) is 0 Å². The van der Waals surface area contributed by atoms with Gasteiger partial charge in [-0.2, -0.15) is 0 Å². The molecule has 2 N–H and O–H groups in total. The van der Waals surface area contributed by atoms with Gasteiger partial charge < -0.3 is 29.9 Å². The number of hydrogen-bond acceptors (Lipinski definition) is 5. The second-order valence-corrected chi connectivity index (χ2v) is 8.72. The van der Waals surface area contributed by atoms with Gasteiger partial charge in [-0.15, -0.1) is 6.42 Å². The average molecular weight is 491 g/mol. The van der Waals surface area contributed by atoms with Gasteiger partial charge in [-0.3, -0.25) is 9.59 Å². The Labute approximate surface area is 210 Å². The fourth-order valence-corrected chi connectivity index (χ4v) is 4.51. The van der Waals surface area contributed by atoms with Crippen LogP contribution in [-0.4, -0.2) is 67.8 Å². The number of nitrogens with zero attached hydrogens (tertiary/aromatic N) is 2. The molecular weight excluding hydrogens is 460 g/mol. The lowest BCUT2D eigenvalue weighted by molar-refractivity contribution is -0.125. The van der Waals surface area contributed by atoms with Crippen molar-refractivity contribution in [2.24, 2.45) is 0 Å². The molecule has 2 heterocycles. The second-order valence-electron chi connectivity index (χ2n) is 8.72. The zero-order valence-electron chi connectivity index (χ0n) is 20.5. The van der Waals surface area contributed by atoms with Crippen molar-refractivity contribution in [3.05, 3.63) is 53.6 Å². The SMILES string of the molecule is C#Cc1ccc(NC(=O)N2CC(OCC)CC2C(=O)Nc2ccc(N3CCOCC3=O)c(C)c2)cc1. The minimum Gasteiger partial charge on any atom is -0.377 e. The molecule has 36 heavy (non-hydrogen) atoms. The van der Waals surface area contributed by atoms with E-state index in [1.54, 1.807) is 35.2 Å². The number of hydrogen-bond donors (Lipinski definition) is 2. The van der Waals surface area contributed by atoms with Crippen LogP contribution < -0.4 is 15.5 Å². The Bertz CT molecular complexity index is 1170. The summed E-state index contributed by atoms with van der Waals surface area (Å²) in [6, 6.07) is 11.2. The Kier molecular flexibility index (Phi) is 7.88. The predicted molar refractivity (Wildman–Crippen MR) is 137 cm³/mol. The van der Waals surface area contributed by atoms with Gasteiger partial charge in [0.1, 0.15) is 12.6 Å². The molecule has 0 spiro atoms. The average Bonchev–Trinajstić information content (AvgIpc) is 3.30. The van der Waals surface area contributed by atoms with Crippen molar-refractivity contribution in [2.75, 3.05) is 48.4 Å². The molecule has 2 aromatic rings. The second kappa shape index (κ2) is 11.2. The van der Waals surface area contributed by atoms with Gasteiger partial charge in [-0.1, -0.05) is 5.92 Å². The lowest BCUT2D eigenvalue weighted by Crippen LogP contribution is -2.45. The van der Waals surface area contributed by atoms with Crippen LogP contribution in [0, 0.1) is 19.3 Å². The Balaban J connectivity index is 1.46. The molecule has 9 nitrogen and oxygen atoms in total. The highest BCUT2D eigenvalue weighted by molar-refractivity contribution is 6.00. The molecule has 0 aliphatic carbocycles. The maximum atomic E-state index is 13.3. The van der Waals surface area contributed by atoms with Crippen LogP contribution in [-0.2, 0) is 19.1 Å². The quantitative estimate of drug-likeness (QED) is 0.607. The summed E-state index contributed by atoms with van der Waals surface area (Å²) in [6.45, 7) is 5.60. The number of morpholine rings is 1. The fourth-order valence-electron chi connectivity index (χ4n) is 4.51. The van der Waals surface area contributed by atoms with E-state index in [0.717, 1.165) is 11.3 Å². The molecule has 2 saturated heterocycles. The van der Waals surface area contributed by atoms with Crippen LogP contribution in [0.4, 0.5) is 21.9 Å². The molecule has 4 amide bonds. The van der Waals surface area contributed by atoms with Crippen molar-refractivity contribution in [2.45, 2.75) is 32.4 Å². The van der Waals surface area contributed by atoms with E-state index in [1.165, 1.54) is 4.90 Å². The molecule has 0 radical (unpaired) electrons. The Morgan fingerprint density at radius 3 is 2.58 bits per heavy atom. The number of rotatable bonds is 6. The van der Waals surface area contributed by atoms with Crippen LogP contribution >= 0.6 is 0 Å². The number of amides is 4. The van der Waals surface area contributed by atoms with Gasteiger partial charge in [0.05, 0.1) is 12.7 Å². The molecule has 0 aromatic heterocycles. The van der Waals surface area contributed by atoms with Gasteiger partial charge in [0.2, 0.25) is 5.91 Å². The third-order valence-electron chi connectivity index (χ3n) is 6.27. The first-order chi connectivity index (χ1) is 17.4. The lowest BCUT2D eigenvalue weighted by atomic mass is 10.1. The summed E-state index contributed by atoms with van der Waals surface area (Å²) in [6.07, 6.45) is 5.55. The number of likely N-dealkylation sites (tertiary alicyclic amines) is 1. The monoisotopic (exact) mass is 490 g/mol. The first kappa shape index (κ1) is 25.2. The number of urea groups is 1. The van der Waals surface area contributed by atoms with E-state index >= 15 is 0 Å². The molecule has 0 saturated carbocycles. The Hall–Kier alpha value is -3.87. The largest absolute Gasteiger partial charge is 0.377 e. The Morgan fingerprint density at radius 2 is 1.92 bits per heavy atom. The number of aryl methyl sites for hydroxylation is 1. The molecule has 2 aliphatic rings. The molecule has 2 aromatic carbocycles. The van der Waals surface area contributed by atoms with Crippen molar-refractivity contribution >= 4 is 34.9 Å². The Morgan fingerprint density at radius 1 is 1.17 bits per heavy atom. The van der Waals surface area contributed by atoms with Crippen LogP contribution in [0.2, 0.25) is 0 Å². The number of carbonyl (C=O) groups is 3. The molecule has 2 aliphatic heterocycles. The summed E-state index contributed by atoms with van der Waals surface area (Å²) in [5.74, 6) is 2.14. The smallest absolute Gasteiger partial charge is 0.322 e. The van der Waals surface area contributed by atoms with Crippen molar-refractivity contribution in [3.8, 4) is 12.3 Å². The van der Waals surface area contributed by atoms with Gasteiger partial charge in [-0.05, 0) is 61.9 Å². The number of benzene rings is 2. The van der Waals surface area contributed by atoms with E-state index < -0.39 is 6.04 Å². The molecule has 2 fully saturated rings.